The van der Waals surface area contributed by atoms with Gasteiger partial charge in [0.2, 0.25) is 0 Å². The lowest BCUT2D eigenvalue weighted by atomic mass is 9.93. The predicted molar refractivity (Wildman–Crippen MR) is 88.8 cm³/mol. The summed E-state index contributed by atoms with van der Waals surface area (Å²) in [5.74, 6) is 0.989. The zero-order valence-corrected chi connectivity index (χ0v) is 13.8. The molecule has 0 aromatic heterocycles. The van der Waals surface area contributed by atoms with E-state index in [1.54, 1.807) is 55.5 Å². The minimum Gasteiger partial charge on any atom is -0.466 e. The van der Waals surface area contributed by atoms with E-state index in [0.717, 1.165) is 5.56 Å². The Labute approximate surface area is 140 Å². The molecule has 0 spiro atoms. The van der Waals surface area contributed by atoms with Crippen molar-refractivity contribution < 1.29 is 19.4 Å². The summed E-state index contributed by atoms with van der Waals surface area (Å²) in [5.41, 5.74) is -0.345. The molecule has 4 nitrogen and oxygen atoms in total. The van der Waals surface area contributed by atoms with Crippen LogP contribution in [0, 0.1) is 0 Å². The standard InChI is InChI=1S/C18H19ClO4/c1-13(20)22-12-11-18(2,21)14-3-7-16(8-4-14)23-17-9-5-15(19)6-10-17/h3-10,21H,11-12H2,1-2H3. The number of carbonyl (C=O) groups excluding carboxylic acids is 1. The quantitative estimate of drug-likeness (QED) is 0.800. The summed E-state index contributed by atoms with van der Waals surface area (Å²) in [4.78, 5) is 10.8. The maximum absolute atomic E-state index is 10.8. The Morgan fingerprint density at radius 1 is 1.09 bits per heavy atom. The van der Waals surface area contributed by atoms with Crippen LogP contribution in [0.2, 0.25) is 5.02 Å². The van der Waals surface area contributed by atoms with E-state index in [2.05, 4.69) is 0 Å². The number of rotatable bonds is 6. The van der Waals surface area contributed by atoms with E-state index in [1.165, 1.54) is 6.92 Å². The molecular weight excluding hydrogens is 316 g/mol. The molecular formula is C18H19ClO4. The van der Waals surface area contributed by atoms with Crippen LogP contribution >= 0.6 is 11.6 Å². The van der Waals surface area contributed by atoms with Crippen molar-refractivity contribution in [3.05, 3.63) is 59.1 Å². The molecule has 0 saturated carbocycles. The Balaban J connectivity index is 2.00. The van der Waals surface area contributed by atoms with Crippen LogP contribution in [0.5, 0.6) is 11.5 Å². The molecule has 0 fully saturated rings. The average Bonchev–Trinajstić information content (AvgIpc) is 2.49. The van der Waals surface area contributed by atoms with Crippen LogP contribution in [0.1, 0.15) is 25.8 Å². The van der Waals surface area contributed by atoms with Gasteiger partial charge in [-0.05, 0) is 48.9 Å². The van der Waals surface area contributed by atoms with Crippen LogP contribution in [-0.4, -0.2) is 17.7 Å². The number of ether oxygens (including phenoxy) is 2. The van der Waals surface area contributed by atoms with Crippen molar-refractivity contribution in [1.82, 2.24) is 0 Å². The molecule has 0 radical (unpaired) electrons. The summed E-state index contributed by atoms with van der Waals surface area (Å²) >= 11 is 5.83. The molecule has 0 bridgehead atoms. The van der Waals surface area contributed by atoms with E-state index in [9.17, 15) is 9.90 Å². The molecule has 0 heterocycles. The molecule has 1 atom stereocenters. The summed E-state index contributed by atoms with van der Waals surface area (Å²) < 4.78 is 10.6. The Morgan fingerprint density at radius 3 is 2.13 bits per heavy atom. The molecule has 0 aliphatic carbocycles. The van der Waals surface area contributed by atoms with Crippen molar-refractivity contribution >= 4 is 17.6 Å². The summed E-state index contributed by atoms with van der Waals surface area (Å²) in [6, 6.07) is 14.2. The highest BCUT2D eigenvalue weighted by Gasteiger charge is 2.23. The fourth-order valence-corrected chi connectivity index (χ4v) is 2.18. The molecule has 1 unspecified atom stereocenters. The van der Waals surface area contributed by atoms with Gasteiger partial charge in [-0.3, -0.25) is 4.79 Å². The van der Waals surface area contributed by atoms with E-state index < -0.39 is 5.60 Å². The number of hydrogen-bond donors (Lipinski definition) is 1. The van der Waals surface area contributed by atoms with E-state index >= 15 is 0 Å². The van der Waals surface area contributed by atoms with Gasteiger partial charge in [-0.15, -0.1) is 0 Å². The lowest BCUT2D eigenvalue weighted by molar-refractivity contribution is -0.142. The second-order valence-electron chi connectivity index (χ2n) is 5.44. The zero-order chi connectivity index (χ0) is 16.9. The van der Waals surface area contributed by atoms with Crippen molar-refractivity contribution in [2.24, 2.45) is 0 Å². The van der Waals surface area contributed by atoms with Crippen LogP contribution in [0.25, 0.3) is 0 Å². The van der Waals surface area contributed by atoms with Crippen LogP contribution in [0.4, 0.5) is 0 Å². The van der Waals surface area contributed by atoms with Gasteiger partial charge in [0.15, 0.2) is 0 Å². The van der Waals surface area contributed by atoms with Gasteiger partial charge in [0.05, 0.1) is 12.2 Å². The summed E-state index contributed by atoms with van der Waals surface area (Å²) in [6.07, 6.45) is 0.323. The first-order valence-electron chi connectivity index (χ1n) is 7.26. The maximum atomic E-state index is 10.8. The largest absolute Gasteiger partial charge is 0.466 e. The fourth-order valence-electron chi connectivity index (χ4n) is 2.06. The minimum absolute atomic E-state index is 0.172. The van der Waals surface area contributed by atoms with Gasteiger partial charge in [0, 0.05) is 18.4 Å². The summed E-state index contributed by atoms with van der Waals surface area (Å²) in [6.45, 7) is 3.20. The number of hydrogen-bond acceptors (Lipinski definition) is 4. The topological polar surface area (TPSA) is 55.8 Å². The Bertz CT molecular complexity index is 648. The predicted octanol–water partition coefficient (Wildman–Crippen LogP) is 4.29. The molecule has 0 amide bonds. The normalized spacial score (nSPS) is 13.2. The van der Waals surface area contributed by atoms with Gasteiger partial charge >= 0.3 is 5.97 Å². The third-order valence-electron chi connectivity index (χ3n) is 3.42. The van der Waals surface area contributed by atoms with Gasteiger partial charge in [-0.25, -0.2) is 0 Å². The number of benzene rings is 2. The molecule has 5 heteroatoms. The molecule has 2 rings (SSSR count). The smallest absolute Gasteiger partial charge is 0.302 e. The van der Waals surface area contributed by atoms with Gasteiger partial charge in [-0.1, -0.05) is 23.7 Å². The maximum Gasteiger partial charge on any atom is 0.302 e. The summed E-state index contributed by atoms with van der Waals surface area (Å²) in [7, 11) is 0. The van der Waals surface area contributed by atoms with E-state index in [4.69, 9.17) is 21.1 Å². The van der Waals surface area contributed by atoms with Crippen molar-refractivity contribution in [3.63, 3.8) is 0 Å². The van der Waals surface area contributed by atoms with E-state index in [-0.39, 0.29) is 12.6 Å². The first-order valence-corrected chi connectivity index (χ1v) is 7.64. The molecule has 0 aliphatic rings. The monoisotopic (exact) mass is 334 g/mol. The highest BCUT2D eigenvalue weighted by atomic mass is 35.5. The molecule has 2 aromatic rings. The third kappa shape index (κ3) is 5.27. The van der Waals surface area contributed by atoms with Gasteiger partial charge in [0.1, 0.15) is 11.5 Å². The second-order valence-corrected chi connectivity index (χ2v) is 5.88. The van der Waals surface area contributed by atoms with Gasteiger partial charge in [0.25, 0.3) is 0 Å². The first kappa shape index (κ1) is 17.3. The first-order chi connectivity index (χ1) is 10.9. The van der Waals surface area contributed by atoms with Crippen LogP contribution in [-0.2, 0) is 15.1 Å². The van der Waals surface area contributed by atoms with Crippen molar-refractivity contribution in [1.29, 1.82) is 0 Å². The molecule has 122 valence electrons. The second kappa shape index (κ2) is 7.49. The van der Waals surface area contributed by atoms with Crippen LogP contribution in [0.15, 0.2) is 48.5 Å². The zero-order valence-electron chi connectivity index (χ0n) is 13.1. The SMILES string of the molecule is CC(=O)OCCC(C)(O)c1ccc(Oc2ccc(Cl)cc2)cc1. The molecule has 23 heavy (non-hydrogen) atoms. The number of esters is 1. The average molecular weight is 335 g/mol. The fraction of sp³-hybridized carbons (Fsp3) is 0.278. The Morgan fingerprint density at radius 2 is 1.61 bits per heavy atom. The third-order valence-corrected chi connectivity index (χ3v) is 3.67. The van der Waals surface area contributed by atoms with Crippen LogP contribution < -0.4 is 4.74 Å². The Hall–Kier alpha value is -2.04. The highest BCUT2D eigenvalue weighted by molar-refractivity contribution is 6.30. The highest BCUT2D eigenvalue weighted by Crippen LogP contribution is 2.28. The Kier molecular flexibility index (Phi) is 5.64. The van der Waals surface area contributed by atoms with E-state index in [0.29, 0.717) is 22.9 Å². The van der Waals surface area contributed by atoms with Crippen molar-refractivity contribution in [2.45, 2.75) is 25.9 Å². The minimum atomic E-state index is -1.08. The van der Waals surface area contributed by atoms with Crippen molar-refractivity contribution in [3.8, 4) is 11.5 Å². The number of carbonyl (C=O) groups is 1. The number of halogens is 1. The molecule has 1 N–H and O–H groups in total. The molecule has 0 saturated heterocycles. The van der Waals surface area contributed by atoms with Gasteiger partial charge in [-0.2, -0.15) is 0 Å². The lowest BCUT2D eigenvalue weighted by Crippen LogP contribution is -2.23. The van der Waals surface area contributed by atoms with Crippen LogP contribution in [0.3, 0.4) is 0 Å². The van der Waals surface area contributed by atoms with Gasteiger partial charge < -0.3 is 14.6 Å². The number of aliphatic hydroxyl groups is 1. The summed E-state index contributed by atoms with van der Waals surface area (Å²) in [5, 5.41) is 11.1. The lowest BCUT2D eigenvalue weighted by Gasteiger charge is -2.23. The molecule has 0 aliphatic heterocycles. The van der Waals surface area contributed by atoms with E-state index in [1.807, 2.05) is 0 Å². The molecule has 2 aromatic carbocycles. The van der Waals surface area contributed by atoms with Crippen molar-refractivity contribution in [2.75, 3.05) is 6.61 Å².